The van der Waals surface area contributed by atoms with Crippen LogP contribution in [0.15, 0.2) is 46.9 Å². The summed E-state index contributed by atoms with van der Waals surface area (Å²) in [5.41, 5.74) is 1.14. The van der Waals surface area contributed by atoms with Gasteiger partial charge in [0.1, 0.15) is 11.5 Å². The van der Waals surface area contributed by atoms with Gasteiger partial charge in [-0.25, -0.2) is 0 Å². The molecule has 0 radical (unpaired) electrons. The summed E-state index contributed by atoms with van der Waals surface area (Å²) in [6, 6.07) is 14.3. The van der Waals surface area contributed by atoms with Crippen molar-refractivity contribution in [2.24, 2.45) is 0 Å². The smallest absolute Gasteiger partial charge is 0.134 e. The van der Waals surface area contributed by atoms with Crippen LogP contribution < -0.4 is 5.32 Å². The average molecular weight is 257 g/mol. The topological polar surface area (TPSA) is 25.2 Å². The Kier molecular flexibility index (Phi) is 5.70. The SMILES string of the molecule is CCCCCCNCc1ccc(-c2ccccc2)o1. The molecule has 0 aliphatic carbocycles. The number of hydrogen-bond acceptors (Lipinski definition) is 2. The van der Waals surface area contributed by atoms with E-state index in [1.165, 1.54) is 25.7 Å². The van der Waals surface area contributed by atoms with E-state index in [1.807, 2.05) is 24.3 Å². The molecule has 0 saturated heterocycles. The molecule has 1 aromatic carbocycles. The number of furan rings is 1. The van der Waals surface area contributed by atoms with Crippen molar-refractivity contribution in [3.05, 3.63) is 48.2 Å². The van der Waals surface area contributed by atoms with Crippen LogP contribution in [0.5, 0.6) is 0 Å². The van der Waals surface area contributed by atoms with Crippen LogP contribution in [-0.2, 0) is 6.54 Å². The van der Waals surface area contributed by atoms with Crippen molar-refractivity contribution in [1.29, 1.82) is 0 Å². The molecule has 0 bridgehead atoms. The standard InChI is InChI=1S/C17H23NO/c1-2-3-4-8-13-18-14-16-11-12-17(19-16)15-9-6-5-7-10-15/h5-7,9-12,18H,2-4,8,13-14H2,1H3. The van der Waals surface area contributed by atoms with Gasteiger partial charge >= 0.3 is 0 Å². The summed E-state index contributed by atoms with van der Waals surface area (Å²) in [7, 11) is 0. The quantitative estimate of drug-likeness (QED) is 0.698. The lowest BCUT2D eigenvalue weighted by molar-refractivity contribution is 0.487. The molecular formula is C17H23NO. The minimum Gasteiger partial charge on any atom is -0.460 e. The lowest BCUT2D eigenvalue weighted by Crippen LogP contribution is -2.14. The number of benzene rings is 1. The van der Waals surface area contributed by atoms with Gasteiger partial charge in [-0.3, -0.25) is 0 Å². The van der Waals surface area contributed by atoms with Crippen molar-refractivity contribution in [2.75, 3.05) is 6.54 Å². The Balaban J connectivity index is 1.75. The summed E-state index contributed by atoms with van der Waals surface area (Å²) in [5.74, 6) is 1.96. The first kappa shape index (κ1) is 13.9. The first-order valence-electron chi connectivity index (χ1n) is 7.25. The zero-order chi connectivity index (χ0) is 13.3. The largest absolute Gasteiger partial charge is 0.460 e. The number of rotatable bonds is 8. The van der Waals surface area contributed by atoms with E-state index in [1.54, 1.807) is 0 Å². The summed E-state index contributed by atoms with van der Waals surface area (Å²) in [6.07, 6.45) is 5.19. The van der Waals surface area contributed by atoms with Crippen molar-refractivity contribution >= 4 is 0 Å². The van der Waals surface area contributed by atoms with E-state index in [-0.39, 0.29) is 0 Å². The third-order valence-corrected chi connectivity index (χ3v) is 3.23. The maximum absolute atomic E-state index is 5.83. The maximum atomic E-state index is 5.83. The molecule has 2 nitrogen and oxygen atoms in total. The average Bonchev–Trinajstić information content (AvgIpc) is 2.92. The molecule has 19 heavy (non-hydrogen) atoms. The van der Waals surface area contributed by atoms with Gasteiger partial charge in [-0.15, -0.1) is 0 Å². The Labute approximate surface area is 115 Å². The fourth-order valence-corrected chi connectivity index (χ4v) is 2.12. The Morgan fingerprint density at radius 1 is 0.947 bits per heavy atom. The van der Waals surface area contributed by atoms with Gasteiger partial charge in [0.05, 0.1) is 6.54 Å². The van der Waals surface area contributed by atoms with Crippen LogP contribution in [0.3, 0.4) is 0 Å². The van der Waals surface area contributed by atoms with Crippen LogP contribution >= 0.6 is 0 Å². The Bertz CT molecular complexity index is 461. The molecule has 1 aromatic heterocycles. The molecule has 2 heteroatoms. The number of hydrogen-bond donors (Lipinski definition) is 1. The molecule has 102 valence electrons. The molecule has 0 aliphatic rings. The lowest BCUT2D eigenvalue weighted by Gasteiger charge is -2.02. The van der Waals surface area contributed by atoms with Crippen LogP contribution in [0.2, 0.25) is 0 Å². The third kappa shape index (κ3) is 4.56. The van der Waals surface area contributed by atoms with Gasteiger partial charge in [0.15, 0.2) is 0 Å². The molecule has 0 unspecified atom stereocenters. The molecule has 0 amide bonds. The lowest BCUT2D eigenvalue weighted by atomic mass is 10.2. The summed E-state index contributed by atoms with van der Waals surface area (Å²) < 4.78 is 5.83. The highest BCUT2D eigenvalue weighted by molar-refractivity contribution is 5.57. The highest BCUT2D eigenvalue weighted by atomic mass is 16.3. The van der Waals surface area contributed by atoms with Crippen LogP contribution in [-0.4, -0.2) is 6.54 Å². The van der Waals surface area contributed by atoms with Crippen LogP contribution in [0, 0.1) is 0 Å². The van der Waals surface area contributed by atoms with Crippen LogP contribution in [0.4, 0.5) is 0 Å². The third-order valence-electron chi connectivity index (χ3n) is 3.23. The van der Waals surface area contributed by atoms with Gasteiger partial charge in [-0.05, 0) is 25.1 Å². The number of nitrogens with one attached hydrogen (secondary N) is 1. The van der Waals surface area contributed by atoms with Crippen LogP contribution in [0.25, 0.3) is 11.3 Å². The summed E-state index contributed by atoms with van der Waals surface area (Å²) in [6.45, 7) is 4.13. The summed E-state index contributed by atoms with van der Waals surface area (Å²) >= 11 is 0. The molecule has 0 fully saturated rings. The van der Waals surface area contributed by atoms with Gasteiger partial charge < -0.3 is 9.73 Å². The zero-order valence-corrected chi connectivity index (χ0v) is 11.7. The molecule has 2 aromatic rings. The van der Waals surface area contributed by atoms with E-state index >= 15 is 0 Å². The van der Waals surface area contributed by atoms with E-state index in [2.05, 4.69) is 30.4 Å². The van der Waals surface area contributed by atoms with E-state index in [9.17, 15) is 0 Å². The summed E-state index contributed by atoms with van der Waals surface area (Å²) in [5, 5.41) is 3.43. The molecule has 0 spiro atoms. The van der Waals surface area contributed by atoms with Gasteiger partial charge in [-0.1, -0.05) is 56.5 Å². The van der Waals surface area contributed by atoms with Gasteiger partial charge in [0.2, 0.25) is 0 Å². The van der Waals surface area contributed by atoms with Crippen molar-refractivity contribution in [2.45, 2.75) is 39.2 Å². The summed E-state index contributed by atoms with van der Waals surface area (Å²) in [4.78, 5) is 0. The Morgan fingerprint density at radius 2 is 1.79 bits per heavy atom. The van der Waals surface area contributed by atoms with E-state index in [0.717, 1.165) is 30.2 Å². The van der Waals surface area contributed by atoms with Gasteiger partial charge in [0, 0.05) is 5.56 Å². The Morgan fingerprint density at radius 3 is 2.58 bits per heavy atom. The number of unbranched alkanes of at least 4 members (excludes halogenated alkanes) is 3. The van der Waals surface area contributed by atoms with Crippen molar-refractivity contribution in [3.63, 3.8) is 0 Å². The van der Waals surface area contributed by atoms with E-state index in [0.29, 0.717) is 0 Å². The van der Waals surface area contributed by atoms with Gasteiger partial charge in [-0.2, -0.15) is 0 Å². The van der Waals surface area contributed by atoms with E-state index in [4.69, 9.17) is 4.42 Å². The molecular weight excluding hydrogens is 234 g/mol. The first-order valence-corrected chi connectivity index (χ1v) is 7.25. The second kappa shape index (κ2) is 7.80. The molecule has 1 heterocycles. The van der Waals surface area contributed by atoms with Crippen molar-refractivity contribution in [1.82, 2.24) is 5.32 Å². The van der Waals surface area contributed by atoms with E-state index < -0.39 is 0 Å². The van der Waals surface area contributed by atoms with Crippen LogP contribution in [0.1, 0.15) is 38.4 Å². The maximum Gasteiger partial charge on any atom is 0.134 e. The second-order valence-electron chi connectivity index (χ2n) is 4.87. The van der Waals surface area contributed by atoms with Crippen molar-refractivity contribution < 1.29 is 4.42 Å². The molecule has 0 aliphatic heterocycles. The molecule has 1 N–H and O–H groups in total. The first-order chi connectivity index (χ1) is 9.40. The Hall–Kier alpha value is -1.54. The molecule has 0 atom stereocenters. The molecule has 0 saturated carbocycles. The monoisotopic (exact) mass is 257 g/mol. The van der Waals surface area contributed by atoms with Gasteiger partial charge in [0.25, 0.3) is 0 Å². The minimum absolute atomic E-state index is 0.818. The molecule has 2 rings (SSSR count). The normalized spacial score (nSPS) is 10.8. The fraction of sp³-hybridized carbons (Fsp3) is 0.412. The zero-order valence-electron chi connectivity index (χ0n) is 11.7. The second-order valence-corrected chi connectivity index (χ2v) is 4.87. The highest BCUT2D eigenvalue weighted by Crippen LogP contribution is 2.21. The fourth-order valence-electron chi connectivity index (χ4n) is 2.12. The minimum atomic E-state index is 0.818. The predicted octanol–water partition coefficient (Wildman–Crippen LogP) is 4.62. The predicted molar refractivity (Wildman–Crippen MR) is 80.0 cm³/mol. The highest BCUT2D eigenvalue weighted by Gasteiger charge is 2.03. The van der Waals surface area contributed by atoms with Crippen molar-refractivity contribution in [3.8, 4) is 11.3 Å².